The lowest BCUT2D eigenvalue weighted by atomic mass is 10.1. The summed E-state index contributed by atoms with van der Waals surface area (Å²) < 4.78 is 0. The monoisotopic (exact) mass is 206 g/mol. The molecule has 0 bridgehead atoms. The molecule has 1 heteroatoms. The zero-order chi connectivity index (χ0) is 11.0. The molecule has 1 aromatic rings. The molecule has 1 atom stereocenters. The molecule has 1 rings (SSSR count). The highest BCUT2D eigenvalue weighted by Gasteiger charge is 1.97. The van der Waals surface area contributed by atoms with Gasteiger partial charge in [0, 0.05) is 0 Å². The second kappa shape index (κ2) is 7.53. The number of hydrogen-bond donors (Lipinski definition) is 0. The first-order valence-electron chi connectivity index (χ1n) is 4.93. The Balaban J connectivity index is 0.000000791. The zero-order valence-corrected chi connectivity index (χ0v) is 10.4. The van der Waals surface area contributed by atoms with Crippen molar-refractivity contribution in [2.24, 2.45) is 0 Å². The van der Waals surface area contributed by atoms with E-state index in [1.165, 1.54) is 16.4 Å². The van der Waals surface area contributed by atoms with Crippen LogP contribution in [0, 0.1) is 0 Å². The molecule has 14 heavy (non-hydrogen) atoms. The van der Waals surface area contributed by atoms with Gasteiger partial charge >= 0.3 is 0 Å². The van der Waals surface area contributed by atoms with E-state index in [1.807, 2.05) is 39.0 Å². The number of rotatable bonds is 2. The molecule has 0 heterocycles. The second-order valence-corrected chi connectivity index (χ2v) is 3.18. The van der Waals surface area contributed by atoms with Crippen LogP contribution in [-0.2, 0) is 0 Å². The summed E-state index contributed by atoms with van der Waals surface area (Å²) in [6, 6.07) is 6.18. The standard InChI is InChI=1S/C11H13P.C2H6/c1-3-6-10-9(4-2)7-5-8-11(10)12;1-2/h3-8H,2,12H2,1H3;1-2H3/b6-3-;. The van der Waals surface area contributed by atoms with Crippen molar-refractivity contribution in [3.63, 3.8) is 0 Å². The van der Waals surface area contributed by atoms with Crippen LogP contribution in [-0.4, -0.2) is 0 Å². The first-order chi connectivity index (χ1) is 6.79. The van der Waals surface area contributed by atoms with Crippen molar-refractivity contribution in [1.82, 2.24) is 0 Å². The van der Waals surface area contributed by atoms with Gasteiger partial charge in [0.15, 0.2) is 0 Å². The lowest BCUT2D eigenvalue weighted by molar-refractivity contribution is 1.50. The van der Waals surface area contributed by atoms with E-state index in [9.17, 15) is 0 Å². The van der Waals surface area contributed by atoms with E-state index in [-0.39, 0.29) is 0 Å². The molecule has 0 nitrogen and oxygen atoms in total. The molecule has 0 N–H and O–H groups in total. The molecular formula is C13H19P. The molecule has 0 radical (unpaired) electrons. The minimum absolute atomic E-state index is 1.18. The molecule has 0 aliphatic rings. The fraction of sp³-hybridized carbons (Fsp3) is 0.231. The third-order valence-corrected chi connectivity index (χ3v) is 2.23. The fourth-order valence-corrected chi connectivity index (χ4v) is 1.51. The molecule has 1 aromatic carbocycles. The van der Waals surface area contributed by atoms with Gasteiger partial charge in [-0.25, -0.2) is 0 Å². The van der Waals surface area contributed by atoms with Gasteiger partial charge in [-0.15, -0.1) is 9.24 Å². The summed E-state index contributed by atoms with van der Waals surface area (Å²) in [5, 5.41) is 1.21. The fourth-order valence-electron chi connectivity index (χ4n) is 1.14. The molecule has 0 aromatic heterocycles. The Hall–Kier alpha value is -0.870. The van der Waals surface area contributed by atoms with Gasteiger partial charge in [0.1, 0.15) is 0 Å². The Labute approximate surface area is 89.9 Å². The molecule has 0 aliphatic heterocycles. The Morgan fingerprint density at radius 2 is 1.93 bits per heavy atom. The molecule has 0 saturated heterocycles. The van der Waals surface area contributed by atoms with Crippen LogP contribution in [0.5, 0.6) is 0 Å². The lowest BCUT2D eigenvalue weighted by Crippen LogP contribution is -1.97. The SMILES string of the molecule is C=Cc1cccc(P)c1/C=C\C.CC. The van der Waals surface area contributed by atoms with Crippen LogP contribution in [0.2, 0.25) is 0 Å². The second-order valence-electron chi connectivity index (χ2n) is 2.55. The number of allylic oxidation sites excluding steroid dienone is 1. The van der Waals surface area contributed by atoms with Gasteiger partial charge in [0.2, 0.25) is 0 Å². The summed E-state index contributed by atoms with van der Waals surface area (Å²) in [6.45, 7) is 9.79. The molecule has 0 aliphatic carbocycles. The highest BCUT2D eigenvalue weighted by molar-refractivity contribution is 7.27. The number of hydrogen-bond acceptors (Lipinski definition) is 0. The summed E-state index contributed by atoms with van der Waals surface area (Å²) >= 11 is 0. The van der Waals surface area contributed by atoms with Gasteiger partial charge in [-0.1, -0.05) is 56.9 Å². The Kier molecular flexibility index (Phi) is 7.06. The van der Waals surface area contributed by atoms with Gasteiger partial charge in [-0.2, -0.15) is 0 Å². The molecule has 0 fully saturated rings. The average molecular weight is 206 g/mol. The van der Waals surface area contributed by atoms with E-state index in [0.29, 0.717) is 0 Å². The van der Waals surface area contributed by atoms with Crippen LogP contribution in [0.25, 0.3) is 12.2 Å². The van der Waals surface area contributed by atoms with Crippen LogP contribution in [0.3, 0.4) is 0 Å². The van der Waals surface area contributed by atoms with Crippen molar-refractivity contribution < 1.29 is 0 Å². The van der Waals surface area contributed by atoms with Crippen molar-refractivity contribution >= 4 is 26.7 Å². The van der Waals surface area contributed by atoms with E-state index >= 15 is 0 Å². The summed E-state index contributed by atoms with van der Waals surface area (Å²) in [7, 11) is 2.73. The third-order valence-electron chi connectivity index (χ3n) is 1.73. The van der Waals surface area contributed by atoms with Crippen LogP contribution >= 0.6 is 9.24 Å². The Morgan fingerprint density at radius 3 is 2.43 bits per heavy atom. The average Bonchev–Trinajstić information content (AvgIpc) is 2.24. The Bertz CT molecular complexity index is 311. The smallest absolute Gasteiger partial charge is 0.0116 e. The van der Waals surface area contributed by atoms with Crippen molar-refractivity contribution in [3.8, 4) is 0 Å². The van der Waals surface area contributed by atoms with Gasteiger partial charge in [0.25, 0.3) is 0 Å². The van der Waals surface area contributed by atoms with Crippen LogP contribution < -0.4 is 5.30 Å². The van der Waals surface area contributed by atoms with Crippen LogP contribution in [0.1, 0.15) is 31.9 Å². The van der Waals surface area contributed by atoms with Crippen molar-refractivity contribution in [2.75, 3.05) is 0 Å². The maximum Gasteiger partial charge on any atom is -0.0116 e. The molecular weight excluding hydrogens is 187 g/mol. The molecule has 0 amide bonds. The summed E-state index contributed by atoms with van der Waals surface area (Å²) in [6.07, 6.45) is 6.01. The quantitative estimate of drug-likeness (QED) is 0.644. The predicted octanol–water partition coefficient (Wildman–Crippen LogP) is 3.89. The number of benzene rings is 1. The highest BCUT2D eigenvalue weighted by atomic mass is 31.0. The summed E-state index contributed by atoms with van der Waals surface area (Å²) in [4.78, 5) is 0. The summed E-state index contributed by atoms with van der Waals surface area (Å²) in [5.41, 5.74) is 2.42. The van der Waals surface area contributed by atoms with E-state index in [1.54, 1.807) is 0 Å². The van der Waals surface area contributed by atoms with Crippen LogP contribution in [0.4, 0.5) is 0 Å². The minimum atomic E-state index is 1.18. The normalized spacial score (nSPS) is 9.43. The van der Waals surface area contributed by atoms with Crippen molar-refractivity contribution in [1.29, 1.82) is 0 Å². The molecule has 1 unspecified atom stereocenters. The van der Waals surface area contributed by atoms with E-state index < -0.39 is 0 Å². The first kappa shape index (κ1) is 13.1. The maximum atomic E-state index is 3.77. The zero-order valence-electron chi connectivity index (χ0n) is 9.25. The largest absolute Gasteiger partial charge is 0.105 e. The minimum Gasteiger partial charge on any atom is -0.105 e. The van der Waals surface area contributed by atoms with Gasteiger partial charge < -0.3 is 0 Å². The van der Waals surface area contributed by atoms with Gasteiger partial charge in [0.05, 0.1) is 0 Å². The summed E-state index contributed by atoms with van der Waals surface area (Å²) in [5.74, 6) is 0. The van der Waals surface area contributed by atoms with Crippen molar-refractivity contribution in [3.05, 3.63) is 42.0 Å². The van der Waals surface area contributed by atoms with Gasteiger partial charge in [-0.05, 0) is 23.4 Å². The van der Waals surface area contributed by atoms with E-state index in [0.717, 1.165) is 0 Å². The van der Waals surface area contributed by atoms with E-state index in [4.69, 9.17) is 0 Å². The first-order valence-corrected chi connectivity index (χ1v) is 5.51. The topological polar surface area (TPSA) is 0 Å². The maximum absolute atomic E-state index is 3.77. The molecule has 76 valence electrons. The molecule has 0 saturated carbocycles. The highest BCUT2D eigenvalue weighted by Crippen LogP contribution is 2.12. The van der Waals surface area contributed by atoms with Gasteiger partial charge in [-0.3, -0.25) is 0 Å². The predicted molar refractivity (Wildman–Crippen MR) is 71.9 cm³/mol. The third kappa shape index (κ3) is 3.47. The lowest BCUT2D eigenvalue weighted by Gasteiger charge is -2.03. The Morgan fingerprint density at radius 1 is 1.29 bits per heavy atom. The van der Waals surface area contributed by atoms with Crippen LogP contribution in [0.15, 0.2) is 30.9 Å². The molecule has 0 spiro atoms. The van der Waals surface area contributed by atoms with Crippen molar-refractivity contribution in [2.45, 2.75) is 20.8 Å². The van der Waals surface area contributed by atoms with E-state index in [2.05, 4.69) is 34.0 Å².